The van der Waals surface area contributed by atoms with Gasteiger partial charge < -0.3 is 14.9 Å². The van der Waals surface area contributed by atoms with Crippen LogP contribution in [0.1, 0.15) is 47.0 Å². The van der Waals surface area contributed by atoms with Gasteiger partial charge in [-0.15, -0.1) is 0 Å². The molecular weight excluding hydrogens is 280 g/mol. The molecule has 2 amide bonds. The van der Waals surface area contributed by atoms with E-state index in [1.54, 1.807) is 6.92 Å². The molecule has 0 aromatic rings. The number of hydrogen-bond donors (Lipinski definition) is 1. The largest absolute Gasteiger partial charge is 0.393 e. The SMILES string of the molecule is CC(O)C1CCN(C(=O)C2CCCN(C(=O)C(C)(C)C)C2)C1. The molecule has 0 aromatic carbocycles. The Balaban J connectivity index is 1.95. The molecule has 2 aliphatic rings. The van der Waals surface area contributed by atoms with Gasteiger partial charge in [-0.3, -0.25) is 9.59 Å². The van der Waals surface area contributed by atoms with Crippen LogP contribution in [0, 0.1) is 17.3 Å². The molecule has 22 heavy (non-hydrogen) atoms. The molecule has 3 unspecified atom stereocenters. The lowest BCUT2D eigenvalue weighted by atomic mass is 9.90. The van der Waals surface area contributed by atoms with Crippen LogP contribution in [0.2, 0.25) is 0 Å². The molecule has 1 N–H and O–H groups in total. The number of hydrogen-bond acceptors (Lipinski definition) is 3. The van der Waals surface area contributed by atoms with Crippen LogP contribution in [0.3, 0.4) is 0 Å². The van der Waals surface area contributed by atoms with Crippen LogP contribution in [0.15, 0.2) is 0 Å². The van der Waals surface area contributed by atoms with Gasteiger partial charge in [0.05, 0.1) is 12.0 Å². The molecule has 5 nitrogen and oxygen atoms in total. The van der Waals surface area contributed by atoms with Gasteiger partial charge in [-0.2, -0.15) is 0 Å². The topological polar surface area (TPSA) is 60.9 Å². The van der Waals surface area contributed by atoms with E-state index >= 15 is 0 Å². The molecule has 5 heteroatoms. The van der Waals surface area contributed by atoms with E-state index in [4.69, 9.17) is 0 Å². The van der Waals surface area contributed by atoms with Crippen molar-refractivity contribution in [3.8, 4) is 0 Å². The standard InChI is InChI=1S/C17H30N2O3/c1-12(20)13-7-9-18(10-13)15(21)14-6-5-8-19(11-14)16(22)17(2,3)4/h12-14,20H,5-11H2,1-4H3. The van der Waals surface area contributed by atoms with E-state index in [-0.39, 0.29) is 29.8 Å². The molecule has 2 heterocycles. The van der Waals surface area contributed by atoms with Gasteiger partial charge in [0.1, 0.15) is 0 Å². The average Bonchev–Trinajstić information content (AvgIpc) is 2.95. The molecular formula is C17H30N2O3. The quantitative estimate of drug-likeness (QED) is 0.841. The highest BCUT2D eigenvalue weighted by Crippen LogP contribution is 2.27. The Kier molecular flexibility index (Phi) is 5.15. The molecule has 0 aliphatic carbocycles. The zero-order valence-electron chi connectivity index (χ0n) is 14.3. The average molecular weight is 310 g/mol. The van der Waals surface area contributed by atoms with Crippen molar-refractivity contribution in [2.45, 2.75) is 53.1 Å². The number of rotatable bonds is 2. The van der Waals surface area contributed by atoms with Crippen molar-refractivity contribution in [3.63, 3.8) is 0 Å². The zero-order valence-corrected chi connectivity index (χ0v) is 14.3. The predicted octanol–water partition coefficient (Wildman–Crippen LogP) is 1.50. The summed E-state index contributed by atoms with van der Waals surface area (Å²) in [6.07, 6.45) is 2.28. The third-order valence-corrected chi connectivity index (χ3v) is 4.92. The van der Waals surface area contributed by atoms with Crippen LogP contribution in [-0.4, -0.2) is 59.0 Å². The molecule has 0 aromatic heterocycles. The molecule has 3 atom stereocenters. The predicted molar refractivity (Wildman–Crippen MR) is 85.1 cm³/mol. The summed E-state index contributed by atoms with van der Waals surface area (Å²) in [5.41, 5.74) is -0.393. The summed E-state index contributed by atoms with van der Waals surface area (Å²) in [4.78, 5) is 28.8. The van der Waals surface area contributed by atoms with E-state index in [1.807, 2.05) is 30.6 Å². The minimum Gasteiger partial charge on any atom is -0.393 e. The molecule has 2 saturated heterocycles. The van der Waals surface area contributed by atoms with Crippen LogP contribution in [-0.2, 0) is 9.59 Å². The maximum atomic E-state index is 12.7. The highest BCUT2D eigenvalue weighted by molar-refractivity contribution is 5.84. The normalized spacial score (nSPS) is 27.9. The summed E-state index contributed by atoms with van der Waals surface area (Å²) < 4.78 is 0. The smallest absolute Gasteiger partial charge is 0.227 e. The van der Waals surface area contributed by atoms with Gasteiger partial charge in [-0.25, -0.2) is 0 Å². The van der Waals surface area contributed by atoms with Gasteiger partial charge in [-0.1, -0.05) is 20.8 Å². The second kappa shape index (κ2) is 6.57. The Morgan fingerprint density at radius 2 is 1.77 bits per heavy atom. The molecule has 2 aliphatic heterocycles. The lowest BCUT2D eigenvalue weighted by Gasteiger charge is -2.37. The molecule has 0 saturated carbocycles. The molecule has 0 radical (unpaired) electrons. The van der Waals surface area contributed by atoms with Gasteiger partial charge in [0, 0.05) is 37.5 Å². The number of piperidine rings is 1. The Morgan fingerprint density at radius 1 is 1.09 bits per heavy atom. The van der Waals surface area contributed by atoms with Crippen molar-refractivity contribution >= 4 is 11.8 Å². The van der Waals surface area contributed by atoms with E-state index in [2.05, 4.69) is 0 Å². The van der Waals surface area contributed by atoms with E-state index < -0.39 is 5.41 Å². The fourth-order valence-electron chi connectivity index (χ4n) is 3.48. The summed E-state index contributed by atoms with van der Waals surface area (Å²) >= 11 is 0. The van der Waals surface area contributed by atoms with Crippen LogP contribution in [0.5, 0.6) is 0 Å². The van der Waals surface area contributed by atoms with Gasteiger partial charge in [0.25, 0.3) is 0 Å². The maximum absolute atomic E-state index is 12.7. The van der Waals surface area contributed by atoms with Crippen molar-refractivity contribution in [1.82, 2.24) is 9.80 Å². The molecule has 126 valence electrons. The van der Waals surface area contributed by atoms with Crippen molar-refractivity contribution < 1.29 is 14.7 Å². The van der Waals surface area contributed by atoms with E-state index in [1.165, 1.54) is 0 Å². The number of aliphatic hydroxyl groups excluding tert-OH is 1. The number of carbonyl (C=O) groups is 2. The minimum absolute atomic E-state index is 0.0761. The Hall–Kier alpha value is -1.10. The first kappa shape index (κ1) is 17.3. The third kappa shape index (κ3) is 3.80. The summed E-state index contributed by atoms with van der Waals surface area (Å²) in [6, 6.07) is 0. The van der Waals surface area contributed by atoms with E-state index in [9.17, 15) is 14.7 Å². The monoisotopic (exact) mass is 310 g/mol. The number of likely N-dealkylation sites (tertiary alicyclic amines) is 2. The molecule has 0 bridgehead atoms. The fraction of sp³-hybridized carbons (Fsp3) is 0.882. The first-order valence-electron chi connectivity index (χ1n) is 8.46. The lowest BCUT2D eigenvalue weighted by Crippen LogP contribution is -2.49. The Morgan fingerprint density at radius 3 is 2.32 bits per heavy atom. The van der Waals surface area contributed by atoms with Crippen LogP contribution < -0.4 is 0 Å². The second-order valence-electron chi connectivity index (χ2n) is 7.91. The summed E-state index contributed by atoms with van der Waals surface area (Å²) in [7, 11) is 0. The molecule has 2 rings (SSSR count). The minimum atomic E-state index is -0.393. The highest BCUT2D eigenvalue weighted by atomic mass is 16.3. The van der Waals surface area contributed by atoms with Crippen LogP contribution in [0.25, 0.3) is 0 Å². The van der Waals surface area contributed by atoms with Gasteiger partial charge in [0.2, 0.25) is 11.8 Å². The highest BCUT2D eigenvalue weighted by Gasteiger charge is 2.37. The first-order chi connectivity index (χ1) is 10.2. The van der Waals surface area contributed by atoms with Crippen LogP contribution in [0.4, 0.5) is 0 Å². The van der Waals surface area contributed by atoms with Gasteiger partial charge in [-0.05, 0) is 26.2 Å². The third-order valence-electron chi connectivity index (χ3n) is 4.92. The van der Waals surface area contributed by atoms with E-state index in [0.29, 0.717) is 13.1 Å². The number of nitrogens with zero attached hydrogens (tertiary/aromatic N) is 2. The van der Waals surface area contributed by atoms with Crippen molar-refractivity contribution in [1.29, 1.82) is 0 Å². The molecule has 0 spiro atoms. The van der Waals surface area contributed by atoms with E-state index in [0.717, 1.165) is 32.4 Å². The maximum Gasteiger partial charge on any atom is 0.227 e. The van der Waals surface area contributed by atoms with Gasteiger partial charge >= 0.3 is 0 Å². The lowest BCUT2D eigenvalue weighted by molar-refractivity contribution is -0.145. The number of carbonyl (C=O) groups excluding carboxylic acids is 2. The Labute approximate surface area is 133 Å². The summed E-state index contributed by atoms with van der Waals surface area (Å²) in [6.45, 7) is 10.3. The van der Waals surface area contributed by atoms with Crippen molar-refractivity contribution in [2.24, 2.45) is 17.3 Å². The number of amides is 2. The van der Waals surface area contributed by atoms with Crippen molar-refractivity contribution in [3.05, 3.63) is 0 Å². The van der Waals surface area contributed by atoms with Crippen LogP contribution >= 0.6 is 0 Å². The first-order valence-corrected chi connectivity index (χ1v) is 8.46. The zero-order chi connectivity index (χ0) is 16.5. The van der Waals surface area contributed by atoms with Gasteiger partial charge in [0.15, 0.2) is 0 Å². The Bertz CT molecular complexity index is 428. The number of aliphatic hydroxyl groups is 1. The summed E-state index contributed by atoms with van der Waals surface area (Å²) in [5, 5.41) is 9.68. The second-order valence-corrected chi connectivity index (χ2v) is 7.91. The fourth-order valence-corrected chi connectivity index (χ4v) is 3.48. The molecule has 2 fully saturated rings. The summed E-state index contributed by atoms with van der Waals surface area (Å²) in [5.74, 6) is 0.412. The van der Waals surface area contributed by atoms with Crippen molar-refractivity contribution in [2.75, 3.05) is 26.2 Å².